The van der Waals surface area contributed by atoms with Gasteiger partial charge in [-0.1, -0.05) is 24.3 Å². The van der Waals surface area contributed by atoms with Crippen molar-refractivity contribution in [3.8, 4) is 11.4 Å². The molecule has 0 fully saturated rings. The maximum Gasteiger partial charge on any atom is 0.264 e. The largest absolute Gasteiger partial charge is 0.374 e. The molecule has 0 amide bonds. The van der Waals surface area contributed by atoms with E-state index < -0.39 is 10.1 Å². The first-order valence-corrected chi connectivity index (χ1v) is 7.88. The second kappa shape index (κ2) is 7.16. The monoisotopic (exact) mass is 310 g/mol. The van der Waals surface area contributed by atoms with E-state index in [1.165, 1.54) is 6.33 Å². The standard InChI is InChI=1S/C12H14N4O4S/c1-21(17,18)20-7-6-19-8-10-2-4-11(5-3-10)12-15-13-9-14-16-12/h2-5,9H,6-8H2,1H3. The van der Waals surface area contributed by atoms with E-state index in [1.54, 1.807) is 0 Å². The second-order valence-corrected chi connectivity index (χ2v) is 5.79. The Morgan fingerprint density at radius 1 is 1.05 bits per heavy atom. The molecule has 0 saturated carbocycles. The van der Waals surface area contributed by atoms with Crippen molar-refractivity contribution in [1.29, 1.82) is 0 Å². The Morgan fingerprint density at radius 3 is 2.33 bits per heavy atom. The van der Waals surface area contributed by atoms with E-state index in [2.05, 4.69) is 24.6 Å². The summed E-state index contributed by atoms with van der Waals surface area (Å²) >= 11 is 0. The van der Waals surface area contributed by atoms with Crippen molar-refractivity contribution in [3.63, 3.8) is 0 Å². The topological polar surface area (TPSA) is 104 Å². The molecule has 0 radical (unpaired) electrons. The van der Waals surface area contributed by atoms with Gasteiger partial charge in [-0.05, 0) is 5.56 Å². The van der Waals surface area contributed by atoms with Crippen molar-refractivity contribution in [1.82, 2.24) is 20.4 Å². The molecule has 0 aliphatic rings. The van der Waals surface area contributed by atoms with Crippen molar-refractivity contribution in [2.24, 2.45) is 0 Å². The van der Waals surface area contributed by atoms with Gasteiger partial charge in [0.2, 0.25) is 5.82 Å². The molecule has 9 heteroatoms. The molecule has 0 saturated heterocycles. The number of hydrogen-bond donors (Lipinski definition) is 0. The van der Waals surface area contributed by atoms with E-state index in [4.69, 9.17) is 4.74 Å². The van der Waals surface area contributed by atoms with E-state index in [-0.39, 0.29) is 13.2 Å². The maximum absolute atomic E-state index is 10.7. The first-order chi connectivity index (χ1) is 10.0. The third kappa shape index (κ3) is 5.50. The van der Waals surface area contributed by atoms with Crippen molar-refractivity contribution in [3.05, 3.63) is 36.2 Å². The first-order valence-electron chi connectivity index (χ1n) is 6.06. The van der Waals surface area contributed by atoms with Gasteiger partial charge in [0.25, 0.3) is 10.1 Å². The smallest absolute Gasteiger partial charge is 0.264 e. The highest BCUT2D eigenvalue weighted by atomic mass is 32.2. The molecule has 0 spiro atoms. The van der Waals surface area contributed by atoms with Gasteiger partial charge in [0, 0.05) is 5.56 Å². The van der Waals surface area contributed by atoms with Crippen LogP contribution >= 0.6 is 0 Å². The van der Waals surface area contributed by atoms with Gasteiger partial charge < -0.3 is 4.74 Å². The van der Waals surface area contributed by atoms with Crippen LogP contribution in [0.2, 0.25) is 0 Å². The minimum Gasteiger partial charge on any atom is -0.374 e. The van der Waals surface area contributed by atoms with E-state index in [1.807, 2.05) is 24.3 Å². The van der Waals surface area contributed by atoms with Crippen LogP contribution in [0.3, 0.4) is 0 Å². The molecule has 0 aliphatic carbocycles. The summed E-state index contributed by atoms with van der Waals surface area (Å²) in [6.07, 6.45) is 2.27. The summed E-state index contributed by atoms with van der Waals surface area (Å²) in [5.74, 6) is 0.450. The fraction of sp³-hybridized carbons (Fsp3) is 0.333. The van der Waals surface area contributed by atoms with Gasteiger partial charge in [0.1, 0.15) is 0 Å². The van der Waals surface area contributed by atoms with E-state index >= 15 is 0 Å². The summed E-state index contributed by atoms with van der Waals surface area (Å²) in [7, 11) is -3.41. The van der Waals surface area contributed by atoms with Crippen molar-refractivity contribution in [2.45, 2.75) is 6.61 Å². The van der Waals surface area contributed by atoms with Crippen LogP contribution in [-0.2, 0) is 25.6 Å². The van der Waals surface area contributed by atoms with Crippen LogP contribution in [0.1, 0.15) is 5.56 Å². The van der Waals surface area contributed by atoms with Crippen molar-refractivity contribution >= 4 is 10.1 Å². The Labute approximate surface area is 122 Å². The van der Waals surface area contributed by atoms with Gasteiger partial charge >= 0.3 is 0 Å². The van der Waals surface area contributed by atoms with E-state index in [0.29, 0.717) is 12.4 Å². The molecule has 0 aliphatic heterocycles. The number of hydrogen-bond acceptors (Lipinski definition) is 8. The van der Waals surface area contributed by atoms with Crippen LogP contribution in [-0.4, -0.2) is 48.3 Å². The van der Waals surface area contributed by atoms with Crippen molar-refractivity contribution in [2.75, 3.05) is 19.5 Å². The summed E-state index contributed by atoms with van der Waals surface area (Å²) < 4.78 is 31.3. The van der Waals surface area contributed by atoms with Crippen LogP contribution in [0.15, 0.2) is 30.6 Å². The molecule has 112 valence electrons. The Kier molecular flexibility index (Phi) is 5.26. The lowest BCUT2D eigenvalue weighted by Crippen LogP contribution is -2.09. The van der Waals surface area contributed by atoms with Gasteiger partial charge in [-0.2, -0.15) is 8.42 Å². The van der Waals surface area contributed by atoms with Crippen LogP contribution in [0.25, 0.3) is 11.4 Å². The molecule has 1 heterocycles. The molecular formula is C12H14N4O4S. The minimum atomic E-state index is -3.41. The van der Waals surface area contributed by atoms with Crippen molar-refractivity contribution < 1.29 is 17.3 Å². The number of rotatable bonds is 7. The zero-order valence-corrected chi connectivity index (χ0v) is 12.2. The predicted octanol–water partition coefficient (Wildman–Crippen LogP) is 0.426. The normalized spacial score (nSPS) is 11.5. The Balaban J connectivity index is 1.81. The van der Waals surface area contributed by atoms with Crippen LogP contribution in [0, 0.1) is 0 Å². The summed E-state index contributed by atoms with van der Waals surface area (Å²) in [4.78, 5) is 0. The van der Waals surface area contributed by atoms with E-state index in [0.717, 1.165) is 17.4 Å². The van der Waals surface area contributed by atoms with Gasteiger partial charge in [-0.25, -0.2) is 0 Å². The summed E-state index contributed by atoms with van der Waals surface area (Å²) in [5, 5.41) is 15.0. The second-order valence-electron chi connectivity index (χ2n) is 4.15. The molecule has 0 bridgehead atoms. The van der Waals surface area contributed by atoms with Gasteiger partial charge in [-0.3, -0.25) is 4.18 Å². The third-order valence-electron chi connectivity index (χ3n) is 2.41. The quantitative estimate of drug-likeness (QED) is 0.535. The maximum atomic E-state index is 10.7. The highest BCUT2D eigenvalue weighted by molar-refractivity contribution is 7.85. The highest BCUT2D eigenvalue weighted by Gasteiger charge is 2.03. The molecule has 21 heavy (non-hydrogen) atoms. The lowest BCUT2D eigenvalue weighted by atomic mass is 10.1. The molecule has 8 nitrogen and oxygen atoms in total. The van der Waals surface area contributed by atoms with Gasteiger partial charge in [0.15, 0.2) is 6.33 Å². The van der Waals surface area contributed by atoms with Crippen LogP contribution in [0.5, 0.6) is 0 Å². The Morgan fingerprint density at radius 2 is 1.71 bits per heavy atom. The summed E-state index contributed by atoms with van der Waals surface area (Å²) in [5.41, 5.74) is 1.75. The molecule has 2 rings (SSSR count). The molecule has 2 aromatic rings. The fourth-order valence-corrected chi connectivity index (χ4v) is 1.87. The highest BCUT2D eigenvalue weighted by Crippen LogP contribution is 2.14. The average Bonchev–Trinajstić information content (AvgIpc) is 2.47. The average molecular weight is 310 g/mol. The Hall–Kier alpha value is -1.97. The SMILES string of the molecule is CS(=O)(=O)OCCOCc1ccc(-c2nncnn2)cc1. The Bertz CT molecular complexity index is 661. The molecule has 0 unspecified atom stereocenters. The fourth-order valence-electron chi connectivity index (χ4n) is 1.50. The van der Waals surface area contributed by atoms with Crippen LogP contribution < -0.4 is 0 Å². The number of benzene rings is 1. The van der Waals surface area contributed by atoms with Gasteiger partial charge in [0.05, 0.1) is 26.1 Å². The first kappa shape index (κ1) is 15.4. The lowest BCUT2D eigenvalue weighted by Gasteiger charge is -2.05. The number of nitrogens with zero attached hydrogens (tertiary/aromatic N) is 4. The molecule has 1 aromatic carbocycles. The third-order valence-corrected chi connectivity index (χ3v) is 3.01. The molecule has 1 aromatic heterocycles. The minimum absolute atomic E-state index is 0.00606. The zero-order valence-electron chi connectivity index (χ0n) is 11.3. The zero-order chi connectivity index (χ0) is 15.1. The lowest BCUT2D eigenvalue weighted by molar-refractivity contribution is 0.0911. The summed E-state index contributed by atoms with van der Waals surface area (Å²) in [6.45, 7) is 0.566. The molecule has 0 N–H and O–H groups in total. The molecule has 0 atom stereocenters. The summed E-state index contributed by atoms with van der Waals surface area (Å²) in [6, 6.07) is 7.40. The van der Waals surface area contributed by atoms with Crippen LogP contribution in [0.4, 0.5) is 0 Å². The number of aromatic nitrogens is 4. The van der Waals surface area contributed by atoms with E-state index in [9.17, 15) is 8.42 Å². The predicted molar refractivity (Wildman–Crippen MR) is 73.5 cm³/mol. The number of ether oxygens (including phenoxy) is 1. The van der Waals surface area contributed by atoms with Gasteiger partial charge in [-0.15, -0.1) is 20.4 Å². The molecular weight excluding hydrogens is 296 g/mol.